The zero-order valence-electron chi connectivity index (χ0n) is 10.7. The number of ether oxygens (including phenoxy) is 1. The van der Waals surface area contributed by atoms with Gasteiger partial charge in [0.1, 0.15) is 11.3 Å². The number of carbonyl (C=O) groups is 2. The van der Waals surface area contributed by atoms with Gasteiger partial charge >= 0.3 is 5.97 Å². The van der Waals surface area contributed by atoms with Crippen molar-refractivity contribution in [2.75, 3.05) is 6.61 Å². The molecule has 0 atom stereocenters. The number of hydrogen-bond acceptors (Lipinski definition) is 5. The highest BCUT2D eigenvalue weighted by molar-refractivity contribution is 6.07. The van der Waals surface area contributed by atoms with Crippen LogP contribution in [0.4, 0.5) is 0 Å². The number of rotatable bonds is 4. The van der Waals surface area contributed by atoms with Gasteiger partial charge in [0.15, 0.2) is 5.78 Å². The Labute approximate surface area is 110 Å². The maximum Gasteiger partial charge on any atom is 0.344 e. The Balaban J connectivity index is 2.56. The number of ketones is 1. The molecule has 0 saturated heterocycles. The lowest BCUT2D eigenvalue weighted by atomic mass is 10.0. The highest BCUT2D eigenvalue weighted by atomic mass is 16.5. The van der Waals surface area contributed by atoms with E-state index in [1.165, 1.54) is 6.92 Å². The molecule has 2 aromatic rings. The van der Waals surface area contributed by atoms with E-state index >= 15 is 0 Å². The summed E-state index contributed by atoms with van der Waals surface area (Å²) in [7, 11) is 0. The minimum atomic E-state index is -0.604. The van der Waals surface area contributed by atoms with Crippen LogP contribution >= 0.6 is 0 Å². The summed E-state index contributed by atoms with van der Waals surface area (Å²) in [6, 6.07) is 9.03. The molecular weight excluding hydrogens is 246 g/mol. The topological polar surface area (TPSA) is 69.4 Å². The van der Waals surface area contributed by atoms with Crippen LogP contribution in [0.3, 0.4) is 0 Å². The SMILES string of the molecule is CCOC(=O)c1c(-c2ccccc2)noc1C(C)=O. The van der Waals surface area contributed by atoms with Crippen LogP contribution in [0.5, 0.6) is 0 Å². The Hall–Kier alpha value is -2.43. The Morgan fingerprint density at radius 3 is 2.53 bits per heavy atom. The fraction of sp³-hybridized carbons (Fsp3) is 0.214. The van der Waals surface area contributed by atoms with E-state index in [4.69, 9.17) is 9.26 Å². The maximum atomic E-state index is 12.0. The van der Waals surface area contributed by atoms with Crippen LogP contribution in [-0.4, -0.2) is 23.5 Å². The van der Waals surface area contributed by atoms with Gasteiger partial charge in [-0.25, -0.2) is 4.79 Å². The van der Waals surface area contributed by atoms with Gasteiger partial charge in [-0.15, -0.1) is 0 Å². The molecule has 0 saturated carbocycles. The minimum absolute atomic E-state index is 0.0719. The smallest absolute Gasteiger partial charge is 0.344 e. The van der Waals surface area contributed by atoms with Crippen LogP contribution in [0.2, 0.25) is 0 Å². The van der Waals surface area contributed by atoms with E-state index in [2.05, 4.69) is 5.16 Å². The number of nitrogens with zero attached hydrogens (tertiary/aromatic N) is 1. The van der Waals surface area contributed by atoms with E-state index in [0.717, 1.165) is 0 Å². The Kier molecular flexibility index (Phi) is 3.75. The molecule has 5 nitrogen and oxygen atoms in total. The molecule has 1 heterocycles. The molecule has 19 heavy (non-hydrogen) atoms. The van der Waals surface area contributed by atoms with Crippen molar-refractivity contribution in [3.05, 3.63) is 41.7 Å². The summed E-state index contributed by atoms with van der Waals surface area (Å²) >= 11 is 0. The number of carbonyl (C=O) groups excluding carboxylic acids is 2. The minimum Gasteiger partial charge on any atom is -0.462 e. The highest BCUT2D eigenvalue weighted by Crippen LogP contribution is 2.26. The first kappa shape index (κ1) is 13.0. The average molecular weight is 259 g/mol. The molecule has 0 bridgehead atoms. The van der Waals surface area contributed by atoms with Crippen molar-refractivity contribution in [1.82, 2.24) is 5.16 Å². The standard InChI is InChI=1S/C14H13NO4/c1-3-18-14(17)11-12(10-7-5-4-6-8-10)15-19-13(11)9(2)16/h4-8H,3H2,1-2H3. The van der Waals surface area contributed by atoms with Crippen LogP contribution < -0.4 is 0 Å². The molecule has 0 unspecified atom stereocenters. The lowest BCUT2D eigenvalue weighted by Gasteiger charge is -2.02. The summed E-state index contributed by atoms with van der Waals surface area (Å²) in [6.45, 7) is 3.23. The largest absolute Gasteiger partial charge is 0.462 e. The van der Waals surface area contributed by atoms with Gasteiger partial charge < -0.3 is 9.26 Å². The third-order valence-electron chi connectivity index (χ3n) is 2.54. The van der Waals surface area contributed by atoms with Crippen LogP contribution in [-0.2, 0) is 4.74 Å². The van der Waals surface area contributed by atoms with Gasteiger partial charge in [-0.2, -0.15) is 0 Å². The van der Waals surface area contributed by atoms with Crippen molar-refractivity contribution in [3.63, 3.8) is 0 Å². The summed E-state index contributed by atoms with van der Waals surface area (Å²) in [5.41, 5.74) is 1.10. The van der Waals surface area contributed by atoms with Crippen LogP contribution in [0, 0.1) is 0 Å². The fourth-order valence-electron chi connectivity index (χ4n) is 1.72. The second kappa shape index (κ2) is 5.48. The summed E-state index contributed by atoms with van der Waals surface area (Å²) in [6.07, 6.45) is 0. The Morgan fingerprint density at radius 1 is 1.26 bits per heavy atom. The van der Waals surface area contributed by atoms with Gasteiger partial charge in [0.05, 0.1) is 6.61 Å². The van der Waals surface area contributed by atoms with Gasteiger partial charge in [0.25, 0.3) is 0 Å². The first-order chi connectivity index (χ1) is 9.15. The highest BCUT2D eigenvalue weighted by Gasteiger charge is 2.27. The zero-order valence-corrected chi connectivity index (χ0v) is 10.7. The number of Topliss-reactive ketones (excluding diaryl/α,β-unsaturated/α-hetero) is 1. The lowest BCUT2D eigenvalue weighted by Crippen LogP contribution is -2.09. The molecule has 1 aromatic heterocycles. The quantitative estimate of drug-likeness (QED) is 0.623. The van der Waals surface area contributed by atoms with Gasteiger partial charge in [-0.3, -0.25) is 4.79 Å². The first-order valence-corrected chi connectivity index (χ1v) is 5.88. The molecule has 5 heteroatoms. The van der Waals surface area contributed by atoms with Crippen molar-refractivity contribution >= 4 is 11.8 Å². The van der Waals surface area contributed by atoms with Gasteiger partial charge in [0, 0.05) is 12.5 Å². The number of hydrogen-bond donors (Lipinski definition) is 0. The number of esters is 1. The summed E-state index contributed by atoms with van der Waals surface area (Å²) in [4.78, 5) is 23.4. The second-order valence-corrected chi connectivity index (χ2v) is 3.88. The van der Waals surface area contributed by atoms with Crippen LogP contribution in [0.15, 0.2) is 34.9 Å². The predicted octanol–water partition coefficient (Wildman–Crippen LogP) is 2.72. The molecule has 0 amide bonds. The first-order valence-electron chi connectivity index (χ1n) is 5.88. The van der Waals surface area contributed by atoms with Crippen molar-refractivity contribution in [1.29, 1.82) is 0 Å². The molecule has 0 N–H and O–H groups in total. The molecule has 0 aliphatic carbocycles. The van der Waals surface area contributed by atoms with E-state index in [-0.39, 0.29) is 23.7 Å². The van der Waals surface area contributed by atoms with Crippen molar-refractivity contribution in [3.8, 4) is 11.3 Å². The molecule has 0 aliphatic heterocycles. The normalized spacial score (nSPS) is 10.2. The lowest BCUT2D eigenvalue weighted by molar-refractivity contribution is 0.0522. The summed E-state index contributed by atoms with van der Waals surface area (Å²) in [5.74, 6) is -1.04. The van der Waals surface area contributed by atoms with E-state index in [1.807, 2.05) is 18.2 Å². The zero-order chi connectivity index (χ0) is 13.8. The van der Waals surface area contributed by atoms with Gasteiger partial charge in [-0.05, 0) is 6.92 Å². The maximum absolute atomic E-state index is 12.0. The third kappa shape index (κ3) is 2.54. The molecule has 0 spiro atoms. The van der Waals surface area contributed by atoms with Crippen molar-refractivity contribution in [2.45, 2.75) is 13.8 Å². The van der Waals surface area contributed by atoms with Crippen LogP contribution in [0.1, 0.15) is 34.8 Å². The molecule has 0 aliphatic rings. The molecule has 2 rings (SSSR count). The van der Waals surface area contributed by atoms with E-state index in [1.54, 1.807) is 19.1 Å². The van der Waals surface area contributed by atoms with Gasteiger partial charge in [0.2, 0.25) is 5.76 Å². The van der Waals surface area contributed by atoms with E-state index in [9.17, 15) is 9.59 Å². The summed E-state index contributed by atoms with van der Waals surface area (Å²) < 4.78 is 9.93. The molecule has 98 valence electrons. The number of benzene rings is 1. The average Bonchev–Trinajstić information content (AvgIpc) is 2.85. The van der Waals surface area contributed by atoms with Crippen molar-refractivity contribution in [2.24, 2.45) is 0 Å². The van der Waals surface area contributed by atoms with Gasteiger partial charge in [-0.1, -0.05) is 35.5 Å². The summed E-state index contributed by atoms with van der Waals surface area (Å²) in [5, 5.41) is 3.81. The third-order valence-corrected chi connectivity index (χ3v) is 2.54. The molecule has 0 fully saturated rings. The molecular formula is C14H13NO4. The Bertz CT molecular complexity index is 601. The van der Waals surface area contributed by atoms with Crippen molar-refractivity contribution < 1.29 is 18.8 Å². The molecule has 0 radical (unpaired) electrons. The predicted molar refractivity (Wildman–Crippen MR) is 67.9 cm³/mol. The van der Waals surface area contributed by atoms with E-state index in [0.29, 0.717) is 11.3 Å². The van der Waals surface area contributed by atoms with E-state index < -0.39 is 5.97 Å². The fourth-order valence-corrected chi connectivity index (χ4v) is 1.72. The monoisotopic (exact) mass is 259 g/mol. The second-order valence-electron chi connectivity index (χ2n) is 3.88. The van der Waals surface area contributed by atoms with Crippen LogP contribution in [0.25, 0.3) is 11.3 Å². The molecule has 1 aromatic carbocycles. The number of aromatic nitrogens is 1. The Morgan fingerprint density at radius 2 is 1.95 bits per heavy atom.